The Kier molecular flexibility index (Phi) is 4.98. The molecule has 0 aromatic carbocycles. The van der Waals surface area contributed by atoms with E-state index < -0.39 is 0 Å². The van der Waals surface area contributed by atoms with Crippen LogP contribution in [-0.4, -0.2) is 61.3 Å². The molecule has 10 heteroatoms. The largest absolute Gasteiger partial charge is 0.339 e. The molecule has 1 unspecified atom stereocenters. The molecular weight excluding hydrogens is 344 g/mol. The number of likely N-dealkylation sites (N-methyl/N-ethyl adjacent to an activating group) is 1. The highest BCUT2D eigenvalue weighted by Crippen LogP contribution is 2.18. The summed E-state index contributed by atoms with van der Waals surface area (Å²) in [5.41, 5.74) is 1.92. The van der Waals surface area contributed by atoms with Crippen LogP contribution in [0.2, 0.25) is 0 Å². The third kappa shape index (κ3) is 3.48. The van der Waals surface area contributed by atoms with Gasteiger partial charge in [0.1, 0.15) is 0 Å². The maximum absolute atomic E-state index is 5.39. The van der Waals surface area contributed by atoms with E-state index in [9.17, 15) is 0 Å². The second kappa shape index (κ2) is 7.03. The number of nitrogens with one attached hydrogen (secondary N) is 1. The molecule has 9 nitrogen and oxygen atoms in total. The molecule has 4 heterocycles. The fourth-order valence-corrected chi connectivity index (χ4v) is 2.99. The Morgan fingerprint density at radius 2 is 2.12 bits per heavy atom. The third-order valence-corrected chi connectivity index (χ3v) is 4.26. The van der Waals surface area contributed by atoms with Crippen LogP contribution in [0.4, 0.5) is 0 Å². The van der Waals surface area contributed by atoms with Crippen LogP contribution in [0.5, 0.6) is 0 Å². The van der Waals surface area contributed by atoms with Crippen molar-refractivity contribution in [2.75, 3.05) is 26.7 Å². The molecule has 3 aromatic heterocycles. The standard InChI is InChI=1S/C15H20N8O.ClH/c1-9-6-10(2)23-15(17-9)18-12(20-23)7-13-19-14(21-24-13)11-8-16-4-5-22(11)3;/h6,11,16H,4-5,7-8H2,1-3H3;1H. The summed E-state index contributed by atoms with van der Waals surface area (Å²) in [6.07, 6.45) is 0.401. The monoisotopic (exact) mass is 364 g/mol. The van der Waals surface area contributed by atoms with E-state index in [1.54, 1.807) is 4.52 Å². The van der Waals surface area contributed by atoms with Crippen molar-refractivity contribution in [2.45, 2.75) is 26.3 Å². The van der Waals surface area contributed by atoms with Gasteiger partial charge in [0, 0.05) is 31.0 Å². The van der Waals surface area contributed by atoms with Crippen molar-refractivity contribution in [3.05, 3.63) is 35.0 Å². The normalized spacial score (nSPS) is 18.4. The minimum absolute atomic E-state index is 0. The molecule has 0 bridgehead atoms. The number of rotatable bonds is 3. The Morgan fingerprint density at radius 1 is 1.28 bits per heavy atom. The van der Waals surface area contributed by atoms with E-state index in [2.05, 4.69) is 42.5 Å². The summed E-state index contributed by atoms with van der Waals surface area (Å²) in [6, 6.07) is 2.11. The molecule has 1 atom stereocenters. The van der Waals surface area contributed by atoms with E-state index in [4.69, 9.17) is 4.52 Å². The quantitative estimate of drug-likeness (QED) is 0.725. The second-order valence-corrected chi connectivity index (χ2v) is 6.20. The zero-order valence-electron chi connectivity index (χ0n) is 14.4. The number of hydrogen-bond donors (Lipinski definition) is 1. The van der Waals surface area contributed by atoms with Crippen molar-refractivity contribution < 1.29 is 4.52 Å². The summed E-state index contributed by atoms with van der Waals surface area (Å²) in [5, 5.41) is 12.0. The summed E-state index contributed by atoms with van der Waals surface area (Å²) in [6.45, 7) is 6.70. The molecule has 4 rings (SSSR count). The number of hydrogen-bond acceptors (Lipinski definition) is 8. The molecule has 1 saturated heterocycles. The number of fused-ring (bicyclic) bond motifs is 1. The van der Waals surface area contributed by atoms with Gasteiger partial charge in [0.05, 0.1) is 12.5 Å². The Labute approximate surface area is 151 Å². The zero-order chi connectivity index (χ0) is 16.7. The first-order valence-electron chi connectivity index (χ1n) is 8.03. The highest BCUT2D eigenvalue weighted by atomic mass is 35.5. The van der Waals surface area contributed by atoms with Crippen molar-refractivity contribution in [3.63, 3.8) is 0 Å². The molecule has 1 aliphatic rings. The van der Waals surface area contributed by atoms with Gasteiger partial charge in [0.25, 0.3) is 5.78 Å². The van der Waals surface area contributed by atoms with Crippen LogP contribution < -0.4 is 5.32 Å². The molecule has 1 fully saturated rings. The van der Waals surface area contributed by atoms with Crippen LogP contribution in [0.25, 0.3) is 5.78 Å². The van der Waals surface area contributed by atoms with E-state index in [1.165, 1.54) is 0 Å². The van der Waals surface area contributed by atoms with Gasteiger partial charge < -0.3 is 9.84 Å². The average molecular weight is 365 g/mol. The van der Waals surface area contributed by atoms with E-state index in [1.807, 2.05) is 19.9 Å². The van der Waals surface area contributed by atoms with Gasteiger partial charge in [-0.1, -0.05) is 5.16 Å². The molecule has 0 radical (unpaired) electrons. The van der Waals surface area contributed by atoms with Crippen LogP contribution in [0.1, 0.15) is 35.0 Å². The van der Waals surface area contributed by atoms with Gasteiger partial charge in [0.15, 0.2) is 11.6 Å². The van der Waals surface area contributed by atoms with Crippen LogP contribution in [0.3, 0.4) is 0 Å². The molecule has 3 aromatic rings. The van der Waals surface area contributed by atoms with Gasteiger partial charge in [-0.3, -0.25) is 4.90 Å². The Morgan fingerprint density at radius 3 is 2.92 bits per heavy atom. The third-order valence-electron chi connectivity index (χ3n) is 4.26. The Bertz CT molecular complexity index is 876. The van der Waals surface area contributed by atoms with Crippen molar-refractivity contribution in [3.8, 4) is 0 Å². The molecule has 0 amide bonds. The summed E-state index contributed by atoms with van der Waals surface area (Å²) in [4.78, 5) is 15.6. The predicted molar refractivity (Wildman–Crippen MR) is 92.8 cm³/mol. The van der Waals surface area contributed by atoms with Gasteiger partial charge >= 0.3 is 0 Å². The molecular formula is C15H21ClN8O. The van der Waals surface area contributed by atoms with E-state index in [0.717, 1.165) is 31.0 Å². The summed E-state index contributed by atoms with van der Waals surface area (Å²) < 4.78 is 7.13. The van der Waals surface area contributed by atoms with Gasteiger partial charge in [-0.2, -0.15) is 9.97 Å². The van der Waals surface area contributed by atoms with Crippen molar-refractivity contribution in [2.24, 2.45) is 0 Å². The van der Waals surface area contributed by atoms with Crippen molar-refractivity contribution in [1.29, 1.82) is 0 Å². The van der Waals surface area contributed by atoms with E-state index in [-0.39, 0.29) is 18.4 Å². The van der Waals surface area contributed by atoms with Crippen LogP contribution >= 0.6 is 12.4 Å². The molecule has 0 spiro atoms. The lowest BCUT2D eigenvalue weighted by molar-refractivity contribution is 0.190. The number of halogens is 1. The SMILES string of the molecule is Cc1cc(C)n2nc(Cc3nc(C4CNCCN4C)no3)nc2n1.Cl. The highest BCUT2D eigenvalue weighted by molar-refractivity contribution is 5.85. The summed E-state index contributed by atoms with van der Waals surface area (Å²) in [7, 11) is 2.07. The summed E-state index contributed by atoms with van der Waals surface area (Å²) >= 11 is 0. The molecule has 1 aliphatic heterocycles. The number of piperazine rings is 1. The van der Waals surface area contributed by atoms with E-state index >= 15 is 0 Å². The number of aromatic nitrogens is 6. The van der Waals surface area contributed by atoms with Gasteiger partial charge in [-0.05, 0) is 27.0 Å². The first-order valence-corrected chi connectivity index (χ1v) is 8.03. The fraction of sp³-hybridized carbons (Fsp3) is 0.533. The summed E-state index contributed by atoms with van der Waals surface area (Å²) in [5.74, 6) is 2.45. The molecule has 25 heavy (non-hydrogen) atoms. The van der Waals surface area contributed by atoms with E-state index in [0.29, 0.717) is 29.7 Å². The minimum Gasteiger partial charge on any atom is -0.339 e. The Balaban J connectivity index is 0.00000182. The lowest BCUT2D eigenvalue weighted by Crippen LogP contribution is -2.44. The van der Waals surface area contributed by atoms with Crippen LogP contribution in [-0.2, 0) is 6.42 Å². The topological polar surface area (TPSA) is 97.3 Å². The van der Waals surface area contributed by atoms with Crippen LogP contribution in [0, 0.1) is 13.8 Å². The predicted octanol–water partition coefficient (Wildman–Crippen LogP) is 0.713. The van der Waals surface area contributed by atoms with Crippen molar-refractivity contribution in [1.82, 2.24) is 39.9 Å². The zero-order valence-corrected chi connectivity index (χ0v) is 15.2. The lowest BCUT2D eigenvalue weighted by Gasteiger charge is -2.30. The second-order valence-electron chi connectivity index (χ2n) is 6.20. The van der Waals surface area contributed by atoms with Crippen molar-refractivity contribution >= 4 is 18.2 Å². The molecule has 0 saturated carbocycles. The van der Waals surface area contributed by atoms with Crippen LogP contribution in [0.15, 0.2) is 10.6 Å². The fourth-order valence-electron chi connectivity index (χ4n) is 2.99. The first kappa shape index (κ1) is 17.7. The average Bonchev–Trinajstić information content (AvgIpc) is 3.15. The first-order chi connectivity index (χ1) is 11.6. The maximum Gasteiger partial charge on any atom is 0.252 e. The molecule has 0 aliphatic carbocycles. The maximum atomic E-state index is 5.39. The van der Waals surface area contributed by atoms with Gasteiger partial charge in [-0.25, -0.2) is 9.50 Å². The molecule has 1 N–H and O–H groups in total. The van der Waals surface area contributed by atoms with Gasteiger partial charge in [0.2, 0.25) is 5.89 Å². The number of aryl methyl sites for hydroxylation is 2. The minimum atomic E-state index is 0. The lowest BCUT2D eigenvalue weighted by atomic mass is 10.2. The van der Waals surface area contributed by atoms with Gasteiger partial charge in [-0.15, -0.1) is 17.5 Å². The molecule has 134 valence electrons. The highest BCUT2D eigenvalue weighted by Gasteiger charge is 2.25. The number of nitrogens with zero attached hydrogens (tertiary/aromatic N) is 7. The Hall–Kier alpha value is -2.10. The smallest absolute Gasteiger partial charge is 0.252 e.